The lowest BCUT2D eigenvalue weighted by Gasteiger charge is -2.33. The van der Waals surface area contributed by atoms with Crippen molar-refractivity contribution in [3.8, 4) is 0 Å². The zero-order chi connectivity index (χ0) is 15.1. The van der Waals surface area contributed by atoms with Crippen LogP contribution in [0.3, 0.4) is 0 Å². The first-order valence-corrected chi connectivity index (χ1v) is 8.04. The minimum absolute atomic E-state index is 0.450. The number of hydrogen-bond acceptors (Lipinski definition) is 3. The van der Waals surface area contributed by atoms with Gasteiger partial charge in [-0.25, -0.2) is 0 Å². The van der Waals surface area contributed by atoms with E-state index < -0.39 is 0 Å². The number of hydrazone groups is 1. The summed E-state index contributed by atoms with van der Waals surface area (Å²) in [7, 11) is 6.50. The lowest BCUT2D eigenvalue weighted by atomic mass is 9.78. The summed E-state index contributed by atoms with van der Waals surface area (Å²) in [6.07, 6.45) is 3.66. The second kappa shape index (κ2) is 5.45. The van der Waals surface area contributed by atoms with Gasteiger partial charge in [0.1, 0.15) is 0 Å². The van der Waals surface area contributed by atoms with Crippen LogP contribution in [0.25, 0.3) is 0 Å². The lowest BCUT2D eigenvalue weighted by molar-refractivity contribution is 0.265. The molecule has 0 N–H and O–H groups in total. The van der Waals surface area contributed by atoms with Crippen molar-refractivity contribution >= 4 is 5.71 Å². The van der Waals surface area contributed by atoms with Crippen LogP contribution in [0.2, 0.25) is 0 Å². The average Bonchev–Trinajstić information content (AvgIpc) is 2.71. The number of likely N-dealkylation sites (N-methyl/N-ethyl adjacent to an activating group) is 2. The molecule has 1 heterocycles. The van der Waals surface area contributed by atoms with E-state index in [9.17, 15) is 0 Å². The second-order valence-electron chi connectivity index (χ2n) is 6.88. The van der Waals surface area contributed by atoms with Crippen LogP contribution >= 0.6 is 0 Å². The molecule has 0 saturated heterocycles. The zero-order valence-electron chi connectivity index (χ0n) is 13.9. The standard InChI is InChI=1S/C18H27N3/c1-12-18(13(2)21(5)19-12)16-8-6-7-14-9-10-15(20(3)4)11-17(14)16/h6-8,13,15,18H,9-11H2,1-5H3/t13?,15-,18?/m0/s1. The Balaban J connectivity index is 2.00. The van der Waals surface area contributed by atoms with E-state index >= 15 is 0 Å². The number of hydrogen-bond donors (Lipinski definition) is 0. The molecule has 2 aliphatic rings. The minimum atomic E-state index is 0.450. The third kappa shape index (κ3) is 2.48. The Morgan fingerprint density at radius 1 is 1.29 bits per heavy atom. The molecule has 1 aliphatic carbocycles. The molecule has 0 radical (unpaired) electrons. The Kier molecular flexibility index (Phi) is 3.78. The van der Waals surface area contributed by atoms with Gasteiger partial charge in [-0.2, -0.15) is 5.10 Å². The second-order valence-corrected chi connectivity index (χ2v) is 6.88. The number of benzene rings is 1. The Hall–Kier alpha value is -1.35. The van der Waals surface area contributed by atoms with Crippen LogP contribution in [0, 0.1) is 0 Å². The molecule has 21 heavy (non-hydrogen) atoms. The van der Waals surface area contributed by atoms with Gasteiger partial charge < -0.3 is 4.90 Å². The predicted molar refractivity (Wildman–Crippen MR) is 89.0 cm³/mol. The normalized spacial score (nSPS) is 28.8. The molecule has 1 aromatic rings. The highest BCUT2D eigenvalue weighted by atomic mass is 15.5. The van der Waals surface area contributed by atoms with Crippen molar-refractivity contribution in [2.24, 2.45) is 5.10 Å². The SMILES string of the molecule is CC1=NN(C)C(C)C1c1cccc2c1C[C@@H](N(C)C)CC2. The van der Waals surface area contributed by atoms with E-state index in [4.69, 9.17) is 0 Å². The number of rotatable bonds is 2. The largest absolute Gasteiger partial charge is 0.306 e. The van der Waals surface area contributed by atoms with Crippen molar-refractivity contribution in [1.82, 2.24) is 9.91 Å². The molecule has 114 valence electrons. The van der Waals surface area contributed by atoms with E-state index in [1.807, 2.05) is 0 Å². The van der Waals surface area contributed by atoms with Crippen molar-refractivity contribution in [3.63, 3.8) is 0 Å². The van der Waals surface area contributed by atoms with Crippen LogP contribution < -0.4 is 0 Å². The summed E-state index contributed by atoms with van der Waals surface area (Å²) in [6.45, 7) is 4.46. The minimum Gasteiger partial charge on any atom is -0.306 e. The van der Waals surface area contributed by atoms with Gasteiger partial charge in [-0.15, -0.1) is 0 Å². The maximum Gasteiger partial charge on any atom is 0.0560 e. The molecule has 0 bridgehead atoms. The molecule has 0 saturated carbocycles. The highest BCUT2D eigenvalue weighted by Crippen LogP contribution is 2.36. The molecule has 3 heteroatoms. The van der Waals surface area contributed by atoms with Crippen LogP contribution in [0.5, 0.6) is 0 Å². The molecule has 3 nitrogen and oxygen atoms in total. The van der Waals surface area contributed by atoms with Crippen molar-refractivity contribution in [1.29, 1.82) is 0 Å². The van der Waals surface area contributed by atoms with Gasteiger partial charge in [0.05, 0.1) is 6.04 Å². The van der Waals surface area contributed by atoms with E-state index in [0.717, 1.165) is 0 Å². The van der Waals surface area contributed by atoms with E-state index in [2.05, 4.69) is 68.2 Å². The van der Waals surface area contributed by atoms with Gasteiger partial charge in [0.15, 0.2) is 0 Å². The first kappa shape index (κ1) is 14.6. The predicted octanol–water partition coefficient (Wildman–Crippen LogP) is 2.90. The lowest BCUT2D eigenvalue weighted by Crippen LogP contribution is -2.35. The van der Waals surface area contributed by atoms with E-state index in [1.54, 1.807) is 11.1 Å². The molecule has 3 rings (SSSR count). The van der Waals surface area contributed by atoms with E-state index in [0.29, 0.717) is 18.0 Å². The van der Waals surface area contributed by atoms with Gasteiger partial charge in [-0.1, -0.05) is 18.2 Å². The summed E-state index contributed by atoms with van der Waals surface area (Å²) >= 11 is 0. The summed E-state index contributed by atoms with van der Waals surface area (Å²) in [6, 6.07) is 8.01. The first-order chi connectivity index (χ1) is 9.99. The molecular weight excluding hydrogens is 258 g/mol. The van der Waals surface area contributed by atoms with E-state index in [1.165, 1.54) is 30.5 Å². The zero-order valence-corrected chi connectivity index (χ0v) is 13.9. The average molecular weight is 285 g/mol. The maximum atomic E-state index is 4.67. The van der Waals surface area contributed by atoms with Gasteiger partial charge in [-0.3, -0.25) is 5.01 Å². The smallest absolute Gasteiger partial charge is 0.0560 e. The number of fused-ring (bicyclic) bond motifs is 1. The molecule has 0 spiro atoms. The monoisotopic (exact) mass is 285 g/mol. The first-order valence-electron chi connectivity index (χ1n) is 8.04. The van der Waals surface area contributed by atoms with Gasteiger partial charge >= 0.3 is 0 Å². The Labute approximate surface area is 128 Å². The fourth-order valence-electron chi connectivity index (χ4n) is 3.98. The van der Waals surface area contributed by atoms with Gasteiger partial charge in [-0.05, 0) is 63.9 Å². The quantitative estimate of drug-likeness (QED) is 0.832. The topological polar surface area (TPSA) is 18.8 Å². The van der Waals surface area contributed by atoms with Crippen LogP contribution in [0.4, 0.5) is 0 Å². The summed E-state index contributed by atoms with van der Waals surface area (Å²) in [5, 5.41) is 6.79. The molecule has 0 amide bonds. The summed E-state index contributed by atoms with van der Waals surface area (Å²) in [5.41, 5.74) is 5.91. The summed E-state index contributed by atoms with van der Waals surface area (Å²) in [4.78, 5) is 2.38. The fraction of sp³-hybridized carbons (Fsp3) is 0.611. The van der Waals surface area contributed by atoms with Gasteiger partial charge in [0.2, 0.25) is 0 Å². The highest BCUT2D eigenvalue weighted by Gasteiger charge is 2.34. The van der Waals surface area contributed by atoms with Crippen LogP contribution in [0.15, 0.2) is 23.3 Å². The fourth-order valence-corrected chi connectivity index (χ4v) is 3.98. The molecule has 3 atom stereocenters. The van der Waals surface area contributed by atoms with Crippen molar-refractivity contribution in [2.45, 2.75) is 51.1 Å². The molecule has 0 aromatic heterocycles. The summed E-state index contributed by atoms with van der Waals surface area (Å²) < 4.78 is 0. The van der Waals surface area contributed by atoms with Crippen molar-refractivity contribution < 1.29 is 0 Å². The van der Waals surface area contributed by atoms with Crippen LogP contribution in [0.1, 0.15) is 42.9 Å². The summed E-state index contributed by atoms with van der Waals surface area (Å²) in [5.74, 6) is 0.450. The van der Waals surface area contributed by atoms with Crippen LogP contribution in [-0.2, 0) is 12.8 Å². The molecule has 1 aliphatic heterocycles. The molecular formula is C18H27N3. The van der Waals surface area contributed by atoms with Crippen LogP contribution in [-0.4, -0.2) is 48.8 Å². The van der Waals surface area contributed by atoms with Crippen molar-refractivity contribution in [3.05, 3.63) is 34.9 Å². The number of aryl methyl sites for hydroxylation is 1. The van der Waals surface area contributed by atoms with Gasteiger partial charge in [0.25, 0.3) is 0 Å². The Morgan fingerprint density at radius 3 is 2.67 bits per heavy atom. The third-order valence-electron chi connectivity index (χ3n) is 5.40. The Morgan fingerprint density at radius 2 is 2.05 bits per heavy atom. The number of nitrogens with zero attached hydrogens (tertiary/aromatic N) is 3. The van der Waals surface area contributed by atoms with Gasteiger partial charge in [0, 0.05) is 24.7 Å². The Bertz CT molecular complexity index is 562. The molecule has 1 aromatic carbocycles. The molecule has 0 fully saturated rings. The maximum absolute atomic E-state index is 4.67. The molecule has 2 unspecified atom stereocenters. The van der Waals surface area contributed by atoms with E-state index in [-0.39, 0.29) is 0 Å². The highest BCUT2D eigenvalue weighted by molar-refractivity contribution is 5.91. The van der Waals surface area contributed by atoms with Crippen molar-refractivity contribution in [2.75, 3.05) is 21.1 Å². The third-order valence-corrected chi connectivity index (χ3v) is 5.40.